The van der Waals surface area contributed by atoms with Crippen molar-refractivity contribution in [1.82, 2.24) is 9.80 Å². The fourth-order valence-corrected chi connectivity index (χ4v) is 2.50. The molecule has 1 aromatic carbocycles. The zero-order chi connectivity index (χ0) is 16.1. The first-order valence-corrected chi connectivity index (χ1v) is 7.55. The van der Waals surface area contributed by atoms with Crippen molar-refractivity contribution < 1.29 is 9.59 Å². The van der Waals surface area contributed by atoms with Gasteiger partial charge in [-0.2, -0.15) is 0 Å². The molecule has 1 aliphatic rings. The zero-order valence-electron chi connectivity index (χ0n) is 13.2. The molecule has 0 aliphatic carbocycles. The Morgan fingerprint density at radius 3 is 2.64 bits per heavy atom. The summed E-state index contributed by atoms with van der Waals surface area (Å²) in [4.78, 5) is 27.6. The number of anilines is 1. The van der Waals surface area contributed by atoms with E-state index < -0.39 is 0 Å². The van der Waals surface area contributed by atoms with E-state index in [4.69, 9.17) is 5.73 Å². The Balaban J connectivity index is 1.91. The highest BCUT2D eigenvalue weighted by molar-refractivity contribution is 5.97. The predicted octanol–water partition coefficient (Wildman–Crippen LogP) is 0.750. The summed E-state index contributed by atoms with van der Waals surface area (Å²) in [5, 5.41) is 2.85. The number of nitrogens with one attached hydrogen (secondary N) is 1. The highest BCUT2D eigenvalue weighted by Gasteiger charge is 2.18. The van der Waals surface area contributed by atoms with Crippen molar-refractivity contribution in [2.75, 3.05) is 39.0 Å². The fraction of sp³-hybridized carbons (Fsp3) is 0.500. The topological polar surface area (TPSA) is 78.7 Å². The predicted molar refractivity (Wildman–Crippen MR) is 86.7 cm³/mol. The van der Waals surface area contributed by atoms with Gasteiger partial charge in [0, 0.05) is 44.5 Å². The average Bonchev–Trinajstić information content (AvgIpc) is 2.49. The molecule has 0 unspecified atom stereocenters. The number of hydrogen-bond donors (Lipinski definition) is 2. The number of nitrogens with two attached hydrogens (primary N) is 1. The molecule has 22 heavy (non-hydrogen) atoms. The molecule has 1 saturated heterocycles. The SMILES string of the molecule is CN(C)C(=O)c1cccc(NC(=O)CN2CCC(N)CC2)c1. The van der Waals surface area contributed by atoms with Crippen LogP contribution in [0.1, 0.15) is 23.2 Å². The van der Waals surface area contributed by atoms with Crippen LogP contribution in [0.25, 0.3) is 0 Å². The first-order valence-electron chi connectivity index (χ1n) is 7.55. The van der Waals surface area contributed by atoms with Gasteiger partial charge < -0.3 is 16.0 Å². The maximum atomic E-state index is 12.1. The van der Waals surface area contributed by atoms with E-state index in [2.05, 4.69) is 10.2 Å². The molecule has 2 rings (SSSR count). The number of benzene rings is 1. The molecule has 0 radical (unpaired) electrons. The molecular formula is C16H24N4O2. The van der Waals surface area contributed by atoms with E-state index in [1.807, 2.05) is 0 Å². The van der Waals surface area contributed by atoms with E-state index in [9.17, 15) is 9.59 Å². The summed E-state index contributed by atoms with van der Waals surface area (Å²) in [6, 6.07) is 7.26. The molecule has 2 amide bonds. The second-order valence-electron chi connectivity index (χ2n) is 5.94. The Kier molecular flexibility index (Phi) is 5.51. The third-order valence-corrected chi connectivity index (χ3v) is 3.80. The number of carbonyl (C=O) groups is 2. The summed E-state index contributed by atoms with van der Waals surface area (Å²) in [7, 11) is 3.41. The van der Waals surface area contributed by atoms with Crippen LogP contribution in [0.2, 0.25) is 0 Å². The fourth-order valence-electron chi connectivity index (χ4n) is 2.50. The van der Waals surface area contributed by atoms with Gasteiger partial charge in [0.1, 0.15) is 0 Å². The summed E-state index contributed by atoms with van der Waals surface area (Å²) in [6.07, 6.45) is 1.86. The lowest BCUT2D eigenvalue weighted by Gasteiger charge is -2.29. The lowest BCUT2D eigenvalue weighted by molar-refractivity contribution is -0.117. The lowest BCUT2D eigenvalue weighted by Crippen LogP contribution is -2.43. The summed E-state index contributed by atoms with van der Waals surface area (Å²) in [5.74, 6) is -0.147. The first-order chi connectivity index (χ1) is 10.5. The second-order valence-corrected chi connectivity index (χ2v) is 5.94. The molecule has 1 aliphatic heterocycles. The van der Waals surface area contributed by atoms with Crippen molar-refractivity contribution in [2.45, 2.75) is 18.9 Å². The summed E-state index contributed by atoms with van der Waals surface area (Å²) >= 11 is 0. The van der Waals surface area contributed by atoms with Gasteiger partial charge in [-0.05, 0) is 31.0 Å². The van der Waals surface area contributed by atoms with Gasteiger partial charge in [-0.3, -0.25) is 14.5 Å². The van der Waals surface area contributed by atoms with Gasteiger partial charge in [-0.1, -0.05) is 6.07 Å². The van der Waals surface area contributed by atoms with Crippen molar-refractivity contribution in [2.24, 2.45) is 5.73 Å². The molecule has 3 N–H and O–H groups in total. The van der Waals surface area contributed by atoms with Crippen molar-refractivity contribution in [1.29, 1.82) is 0 Å². The van der Waals surface area contributed by atoms with Gasteiger partial charge in [0.25, 0.3) is 5.91 Å². The van der Waals surface area contributed by atoms with Crippen molar-refractivity contribution in [3.05, 3.63) is 29.8 Å². The summed E-state index contributed by atoms with van der Waals surface area (Å²) in [6.45, 7) is 2.07. The Morgan fingerprint density at radius 1 is 1.32 bits per heavy atom. The van der Waals surface area contributed by atoms with Crippen molar-refractivity contribution in [3.63, 3.8) is 0 Å². The third-order valence-electron chi connectivity index (χ3n) is 3.80. The molecule has 1 heterocycles. The van der Waals surface area contributed by atoms with E-state index in [1.54, 1.807) is 38.4 Å². The van der Waals surface area contributed by atoms with Gasteiger partial charge in [0.05, 0.1) is 6.54 Å². The van der Waals surface area contributed by atoms with Crippen LogP contribution in [-0.4, -0.2) is 61.4 Å². The number of likely N-dealkylation sites (tertiary alicyclic amines) is 1. The van der Waals surface area contributed by atoms with Gasteiger partial charge in [0.15, 0.2) is 0 Å². The molecule has 0 aromatic heterocycles. The average molecular weight is 304 g/mol. The summed E-state index contributed by atoms with van der Waals surface area (Å²) in [5.41, 5.74) is 7.06. The van der Waals surface area contributed by atoms with Crippen LogP contribution in [0, 0.1) is 0 Å². The molecule has 120 valence electrons. The Hall–Kier alpha value is -1.92. The monoisotopic (exact) mass is 304 g/mol. The highest BCUT2D eigenvalue weighted by atomic mass is 16.2. The molecule has 6 nitrogen and oxygen atoms in total. The largest absolute Gasteiger partial charge is 0.345 e. The molecule has 0 atom stereocenters. The third kappa shape index (κ3) is 4.54. The zero-order valence-corrected chi connectivity index (χ0v) is 13.2. The highest BCUT2D eigenvalue weighted by Crippen LogP contribution is 2.13. The Morgan fingerprint density at radius 2 is 2.00 bits per heavy atom. The van der Waals surface area contributed by atoms with E-state index in [0.29, 0.717) is 17.8 Å². The number of amides is 2. The van der Waals surface area contributed by atoms with Gasteiger partial charge >= 0.3 is 0 Å². The van der Waals surface area contributed by atoms with Crippen LogP contribution in [-0.2, 0) is 4.79 Å². The molecule has 0 saturated carbocycles. The van der Waals surface area contributed by atoms with Crippen LogP contribution >= 0.6 is 0 Å². The van der Waals surface area contributed by atoms with Crippen LogP contribution in [0.3, 0.4) is 0 Å². The summed E-state index contributed by atoms with van der Waals surface area (Å²) < 4.78 is 0. The van der Waals surface area contributed by atoms with E-state index >= 15 is 0 Å². The number of hydrogen-bond acceptors (Lipinski definition) is 4. The molecule has 6 heteroatoms. The maximum Gasteiger partial charge on any atom is 0.253 e. The van der Waals surface area contributed by atoms with Crippen molar-refractivity contribution in [3.8, 4) is 0 Å². The number of rotatable bonds is 4. The standard InChI is InChI=1S/C16H24N4O2/c1-19(2)16(22)12-4-3-5-14(10-12)18-15(21)11-20-8-6-13(17)7-9-20/h3-5,10,13H,6-9,11,17H2,1-2H3,(H,18,21). The van der Waals surface area contributed by atoms with Crippen LogP contribution in [0.15, 0.2) is 24.3 Å². The number of piperidine rings is 1. The minimum absolute atomic E-state index is 0.0649. The van der Waals surface area contributed by atoms with Crippen molar-refractivity contribution >= 4 is 17.5 Å². The molecule has 0 bridgehead atoms. The normalized spacial score (nSPS) is 16.3. The minimum Gasteiger partial charge on any atom is -0.345 e. The first kappa shape index (κ1) is 16.5. The van der Waals surface area contributed by atoms with Crippen LogP contribution in [0.5, 0.6) is 0 Å². The molecule has 0 spiro atoms. The Bertz CT molecular complexity index is 537. The van der Waals surface area contributed by atoms with Crippen LogP contribution in [0.4, 0.5) is 5.69 Å². The maximum absolute atomic E-state index is 12.1. The molecule has 1 aromatic rings. The van der Waals surface area contributed by atoms with E-state index in [0.717, 1.165) is 25.9 Å². The number of carbonyl (C=O) groups excluding carboxylic acids is 2. The molecular weight excluding hydrogens is 280 g/mol. The minimum atomic E-state index is -0.0823. The smallest absolute Gasteiger partial charge is 0.253 e. The molecule has 1 fully saturated rings. The van der Waals surface area contributed by atoms with Gasteiger partial charge in [-0.15, -0.1) is 0 Å². The van der Waals surface area contributed by atoms with E-state index in [1.165, 1.54) is 4.90 Å². The second kappa shape index (κ2) is 7.38. The lowest BCUT2D eigenvalue weighted by atomic mass is 10.1. The quantitative estimate of drug-likeness (QED) is 0.860. The number of nitrogens with zero attached hydrogens (tertiary/aromatic N) is 2. The van der Waals surface area contributed by atoms with Crippen LogP contribution < -0.4 is 11.1 Å². The van der Waals surface area contributed by atoms with Gasteiger partial charge in [0.2, 0.25) is 5.91 Å². The van der Waals surface area contributed by atoms with E-state index in [-0.39, 0.29) is 17.9 Å². The Labute approximate surface area is 131 Å². The van der Waals surface area contributed by atoms with Gasteiger partial charge in [-0.25, -0.2) is 0 Å².